The van der Waals surface area contributed by atoms with Crippen molar-refractivity contribution in [1.29, 1.82) is 0 Å². The summed E-state index contributed by atoms with van der Waals surface area (Å²) in [4.78, 5) is 74.2. The van der Waals surface area contributed by atoms with Gasteiger partial charge in [0.1, 0.15) is 6.04 Å². The molecular formula is C22H23F3N4O7. The van der Waals surface area contributed by atoms with Crippen molar-refractivity contribution < 1.29 is 46.7 Å². The van der Waals surface area contributed by atoms with Crippen LogP contribution >= 0.6 is 0 Å². The largest absolute Gasteiger partial charge is 0.490 e. The molecule has 4 N–H and O–H groups in total. The van der Waals surface area contributed by atoms with E-state index in [0.29, 0.717) is 6.42 Å². The van der Waals surface area contributed by atoms with Crippen molar-refractivity contribution in [2.24, 2.45) is 5.73 Å². The minimum atomic E-state index is -5.29. The lowest BCUT2D eigenvalue weighted by Gasteiger charge is -2.27. The Morgan fingerprint density at radius 2 is 1.89 bits per heavy atom. The number of alkyl halides is 3. The number of piperidine rings is 1. The fourth-order valence-corrected chi connectivity index (χ4v) is 3.94. The van der Waals surface area contributed by atoms with Gasteiger partial charge in [0.15, 0.2) is 6.10 Å². The monoisotopic (exact) mass is 512 g/mol. The van der Waals surface area contributed by atoms with Gasteiger partial charge in [-0.05, 0) is 43.9 Å². The Morgan fingerprint density at radius 3 is 2.53 bits per heavy atom. The number of hydrogen-bond donors (Lipinski definition) is 3. The third-order valence-electron chi connectivity index (χ3n) is 5.70. The first-order valence-electron chi connectivity index (χ1n) is 11.0. The van der Waals surface area contributed by atoms with Gasteiger partial charge in [0, 0.05) is 13.0 Å². The van der Waals surface area contributed by atoms with Crippen LogP contribution < -0.4 is 16.4 Å². The first-order chi connectivity index (χ1) is 17.0. The molecule has 3 rings (SSSR count). The summed E-state index contributed by atoms with van der Waals surface area (Å²) in [5.74, 6) is -6.42. The van der Waals surface area contributed by atoms with Gasteiger partial charge in [0.05, 0.1) is 11.1 Å². The highest BCUT2D eigenvalue weighted by atomic mass is 19.4. The molecule has 0 saturated carbocycles. The molecule has 0 aliphatic carbocycles. The number of ether oxygens (including phenoxy) is 1. The van der Waals surface area contributed by atoms with Gasteiger partial charge in [-0.2, -0.15) is 13.2 Å². The summed E-state index contributed by atoms with van der Waals surface area (Å²) < 4.78 is 42.2. The van der Waals surface area contributed by atoms with Gasteiger partial charge >= 0.3 is 12.1 Å². The summed E-state index contributed by atoms with van der Waals surface area (Å²) in [5.41, 5.74) is 5.41. The van der Waals surface area contributed by atoms with Crippen LogP contribution in [0.2, 0.25) is 0 Å². The number of unbranched alkanes of at least 4 members (excludes halogenated alkanes) is 1. The summed E-state index contributed by atoms with van der Waals surface area (Å²) in [7, 11) is 0. The summed E-state index contributed by atoms with van der Waals surface area (Å²) in [6.07, 6.45) is -6.76. The molecule has 0 aromatic heterocycles. The van der Waals surface area contributed by atoms with E-state index in [1.807, 2.05) is 0 Å². The molecule has 0 bridgehead atoms. The normalized spacial score (nSPS) is 18.6. The second-order valence-corrected chi connectivity index (χ2v) is 8.18. The van der Waals surface area contributed by atoms with Crippen LogP contribution in [0.5, 0.6) is 0 Å². The van der Waals surface area contributed by atoms with Crippen LogP contribution in [0.4, 0.5) is 13.2 Å². The standard InChI is InChI=1S/C22H23F3N4O7/c23-22(24,25)21(35)36-14(6-1-2-9-26)18(32)27-10-11-4-3-5-12-16(11)20(34)29(19(12)33)13-7-8-15(30)28-17(13)31/h3-5,13-14H,1-2,6-10,26H2,(H,27,32)(H,28,30,31). The predicted molar refractivity (Wildman–Crippen MR) is 114 cm³/mol. The molecule has 36 heavy (non-hydrogen) atoms. The van der Waals surface area contributed by atoms with Crippen molar-refractivity contribution in [3.8, 4) is 0 Å². The molecule has 2 heterocycles. The van der Waals surface area contributed by atoms with Gasteiger partial charge in [-0.15, -0.1) is 0 Å². The van der Waals surface area contributed by atoms with Crippen molar-refractivity contribution in [2.75, 3.05) is 6.54 Å². The molecule has 11 nitrogen and oxygen atoms in total. The topological polar surface area (TPSA) is 165 Å². The van der Waals surface area contributed by atoms with E-state index in [0.717, 1.165) is 4.90 Å². The van der Waals surface area contributed by atoms with E-state index >= 15 is 0 Å². The van der Waals surface area contributed by atoms with E-state index in [9.17, 15) is 41.9 Å². The van der Waals surface area contributed by atoms with Gasteiger partial charge in [0.25, 0.3) is 17.7 Å². The van der Waals surface area contributed by atoms with Crippen LogP contribution in [0.1, 0.15) is 58.4 Å². The smallest absolute Gasteiger partial charge is 0.446 e. The highest BCUT2D eigenvalue weighted by Crippen LogP contribution is 2.30. The van der Waals surface area contributed by atoms with E-state index < -0.39 is 53.8 Å². The lowest BCUT2D eigenvalue weighted by Crippen LogP contribution is -2.54. The Balaban J connectivity index is 1.76. The first-order valence-corrected chi connectivity index (χ1v) is 11.0. The number of nitrogens with two attached hydrogens (primary N) is 1. The summed E-state index contributed by atoms with van der Waals surface area (Å²) in [6.45, 7) is -0.154. The van der Waals surface area contributed by atoms with Gasteiger partial charge in [-0.1, -0.05) is 12.1 Å². The minimum Gasteiger partial charge on any atom is -0.446 e. The average molecular weight is 512 g/mol. The molecule has 5 amide bonds. The molecule has 14 heteroatoms. The molecule has 1 saturated heterocycles. The maximum Gasteiger partial charge on any atom is 0.490 e. The number of fused-ring (bicyclic) bond motifs is 1. The number of rotatable bonds is 9. The van der Waals surface area contributed by atoms with Gasteiger partial charge in [0.2, 0.25) is 11.8 Å². The van der Waals surface area contributed by atoms with Gasteiger partial charge in [-0.3, -0.25) is 34.2 Å². The van der Waals surface area contributed by atoms with Crippen LogP contribution in [0.3, 0.4) is 0 Å². The van der Waals surface area contributed by atoms with E-state index in [1.54, 1.807) is 0 Å². The second-order valence-electron chi connectivity index (χ2n) is 8.18. The summed E-state index contributed by atoms with van der Waals surface area (Å²) in [5, 5.41) is 4.41. The molecule has 2 aliphatic heterocycles. The van der Waals surface area contributed by atoms with Gasteiger partial charge < -0.3 is 15.8 Å². The number of carbonyl (C=O) groups is 6. The second kappa shape index (κ2) is 10.8. The molecule has 1 fully saturated rings. The Labute approximate surface area is 202 Å². The summed E-state index contributed by atoms with van der Waals surface area (Å²) >= 11 is 0. The SMILES string of the molecule is NCCCCC(OC(=O)C(F)(F)F)C(=O)NCc1cccc2c1C(=O)N(C1CCC(=O)NC1=O)C2=O. The number of benzene rings is 1. The summed E-state index contributed by atoms with van der Waals surface area (Å²) in [6, 6.07) is 3.02. The van der Waals surface area contributed by atoms with E-state index in [1.165, 1.54) is 18.2 Å². The van der Waals surface area contributed by atoms with Gasteiger partial charge in [-0.25, -0.2) is 4.79 Å². The number of esters is 1. The third kappa shape index (κ3) is 5.70. The van der Waals surface area contributed by atoms with E-state index in [-0.39, 0.29) is 55.5 Å². The molecule has 0 radical (unpaired) electrons. The zero-order valence-electron chi connectivity index (χ0n) is 18.9. The molecular weight excluding hydrogens is 489 g/mol. The Hall–Kier alpha value is -3.81. The maximum atomic E-state index is 13.1. The van der Waals surface area contributed by atoms with Crippen LogP contribution in [0.25, 0.3) is 0 Å². The Kier molecular flexibility index (Phi) is 8.07. The van der Waals surface area contributed by atoms with Crippen LogP contribution in [0.15, 0.2) is 18.2 Å². The quantitative estimate of drug-likeness (QED) is 0.242. The molecule has 194 valence electrons. The fraction of sp³-hybridized carbons (Fsp3) is 0.455. The number of carbonyl (C=O) groups excluding carboxylic acids is 6. The lowest BCUT2D eigenvalue weighted by atomic mass is 10.0. The number of halogens is 3. The van der Waals surface area contributed by atoms with Crippen molar-refractivity contribution in [3.05, 3.63) is 34.9 Å². The molecule has 2 atom stereocenters. The van der Waals surface area contributed by atoms with E-state index in [2.05, 4.69) is 15.4 Å². The van der Waals surface area contributed by atoms with Crippen molar-refractivity contribution in [1.82, 2.24) is 15.5 Å². The predicted octanol–water partition coefficient (Wildman–Crippen LogP) is 0.307. The van der Waals surface area contributed by atoms with Crippen molar-refractivity contribution in [3.63, 3.8) is 0 Å². The van der Waals surface area contributed by atoms with Crippen LogP contribution in [-0.4, -0.2) is 65.3 Å². The Morgan fingerprint density at radius 1 is 1.17 bits per heavy atom. The van der Waals surface area contributed by atoms with Crippen LogP contribution in [0, 0.1) is 0 Å². The number of hydrogen-bond acceptors (Lipinski definition) is 8. The third-order valence-corrected chi connectivity index (χ3v) is 5.70. The zero-order valence-corrected chi connectivity index (χ0v) is 18.9. The molecule has 2 unspecified atom stereocenters. The minimum absolute atomic E-state index is 0.0283. The highest BCUT2D eigenvalue weighted by molar-refractivity contribution is 6.24. The molecule has 1 aromatic rings. The number of imide groups is 2. The first kappa shape index (κ1) is 26.8. The zero-order chi connectivity index (χ0) is 26.6. The lowest BCUT2D eigenvalue weighted by molar-refractivity contribution is -0.205. The van der Waals surface area contributed by atoms with Crippen molar-refractivity contribution >= 4 is 35.5 Å². The molecule has 1 aromatic carbocycles. The Bertz CT molecular complexity index is 1110. The molecule has 2 aliphatic rings. The van der Waals surface area contributed by atoms with Crippen LogP contribution in [-0.2, 0) is 30.5 Å². The van der Waals surface area contributed by atoms with Crippen molar-refractivity contribution in [2.45, 2.75) is 57.0 Å². The highest BCUT2D eigenvalue weighted by Gasteiger charge is 2.46. The number of amides is 5. The number of nitrogens with zero attached hydrogens (tertiary/aromatic N) is 1. The van der Waals surface area contributed by atoms with E-state index in [4.69, 9.17) is 5.73 Å². The fourth-order valence-electron chi connectivity index (χ4n) is 3.94. The maximum absolute atomic E-state index is 13.1. The average Bonchev–Trinajstić information content (AvgIpc) is 3.07. The molecule has 0 spiro atoms. The number of nitrogens with one attached hydrogen (secondary N) is 2.